The van der Waals surface area contributed by atoms with Crippen molar-refractivity contribution in [3.05, 3.63) is 47.3 Å². The summed E-state index contributed by atoms with van der Waals surface area (Å²) in [4.78, 5) is 25.8. The van der Waals surface area contributed by atoms with Gasteiger partial charge in [0.25, 0.3) is 0 Å². The molecule has 1 N–H and O–H groups in total. The van der Waals surface area contributed by atoms with Gasteiger partial charge in [0.1, 0.15) is 11.5 Å². The first kappa shape index (κ1) is 17.0. The summed E-state index contributed by atoms with van der Waals surface area (Å²) in [7, 11) is 1.55. The van der Waals surface area contributed by atoms with Crippen molar-refractivity contribution in [1.29, 1.82) is 0 Å². The second-order valence-corrected chi connectivity index (χ2v) is 6.20. The van der Waals surface area contributed by atoms with E-state index >= 15 is 0 Å². The third kappa shape index (κ3) is 3.50. The van der Waals surface area contributed by atoms with Crippen molar-refractivity contribution in [2.75, 3.05) is 20.2 Å². The fourth-order valence-electron chi connectivity index (χ4n) is 3.31. The van der Waals surface area contributed by atoms with Crippen LogP contribution in [-0.4, -0.2) is 47.2 Å². The number of rotatable bonds is 5. The molecule has 7 nitrogen and oxygen atoms in total. The van der Waals surface area contributed by atoms with Gasteiger partial charge in [0.15, 0.2) is 0 Å². The van der Waals surface area contributed by atoms with E-state index in [1.807, 2.05) is 18.2 Å². The van der Waals surface area contributed by atoms with Crippen molar-refractivity contribution in [2.24, 2.45) is 5.92 Å². The van der Waals surface area contributed by atoms with Gasteiger partial charge in [-0.05, 0) is 18.6 Å². The Kier molecular flexibility index (Phi) is 4.74. The van der Waals surface area contributed by atoms with Crippen LogP contribution >= 0.6 is 0 Å². The van der Waals surface area contributed by atoms with Crippen molar-refractivity contribution in [3.63, 3.8) is 0 Å². The zero-order valence-electron chi connectivity index (χ0n) is 14.1. The Morgan fingerprint density at radius 2 is 2.12 bits per heavy atom. The summed E-state index contributed by atoms with van der Waals surface area (Å²) in [5, 5.41) is 13.4. The Labute approximate surface area is 145 Å². The molecular weight excluding hydrogens is 324 g/mol. The molecule has 0 aliphatic carbocycles. The van der Waals surface area contributed by atoms with Gasteiger partial charge < -0.3 is 19.3 Å². The number of likely N-dealkylation sites (tertiary alicyclic amines) is 1. The predicted molar refractivity (Wildman–Crippen MR) is 88.4 cm³/mol. The highest BCUT2D eigenvalue weighted by Crippen LogP contribution is 2.37. The van der Waals surface area contributed by atoms with Crippen LogP contribution < -0.4 is 4.74 Å². The fourth-order valence-corrected chi connectivity index (χ4v) is 3.31. The van der Waals surface area contributed by atoms with Crippen molar-refractivity contribution in [3.8, 4) is 5.75 Å². The average Bonchev–Trinajstić information content (AvgIpc) is 3.21. The van der Waals surface area contributed by atoms with Crippen LogP contribution in [0.4, 0.5) is 0 Å². The summed E-state index contributed by atoms with van der Waals surface area (Å²) in [5.74, 6) is -0.943. The molecule has 0 bridgehead atoms. The van der Waals surface area contributed by atoms with Crippen molar-refractivity contribution in [2.45, 2.75) is 19.3 Å². The quantitative estimate of drug-likeness (QED) is 0.890. The molecule has 132 valence electrons. The zero-order chi connectivity index (χ0) is 18.0. The first-order chi connectivity index (χ1) is 12.0. The number of carboxylic acids is 1. The molecule has 1 aliphatic heterocycles. The molecule has 0 unspecified atom stereocenters. The van der Waals surface area contributed by atoms with E-state index in [0.29, 0.717) is 23.7 Å². The van der Waals surface area contributed by atoms with Gasteiger partial charge in [-0.15, -0.1) is 0 Å². The number of hydrogen-bond acceptors (Lipinski definition) is 5. The van der Waals surface area contributed by atoms with E-state index in [9.17, 15) is 14.7 Å². The molecule has 1 aliphatic rings. The highest BCUT2D eigenvalue weighted by molar-refractivity contribution is 5.81. The number of ether oxygens (including phenoxy) is 1. The van der Waals surface area contributed by atoms with E-state index in [-0.39, 0.29) is 24.8 Å². The van der Waals surface area contributed by atoms with Crippen LogP contribution in [-0.2, 0) is 16.0 Å². The number of para-hydroxylation sites is 1. The van der Waals surface area contributed by atoms with Crippen LogP contribution in [0.5, 0.6) is 5.75 Å². The smallest absolute Gasteiger partial charge is 0.308 e. The lowest BCUT2D eigenvalue weighted by atomic mass is 9.88. The molecule has 1 saturated heterocycles. The fraction of sp³-hybridized carbons (Fsp3) is 0.389. The normalized spacial score (nSPS) is 19.8. The number of aromatic nitrogens is 1. The number of aryl methyl sites for hydroxylation is 1. The monoisotopic (exact) mass is 344 g/mol. The Balaban J connectivity index is 1.80. The number of nitrogens with zero attached hydrogens (tertiary/aromatic N) is 2. The van der Waals surface area contributed by atoms with E-state index in [2.05, 4.69) is 5.16 Å². The molecule has 2 heterocycles. The lowest BCUT2D eigenvalue weighted by Gasteiger charge is -2.18. The molecule has 0 saturated carbocycles. The van der Waals surface area contributed by atoms with Crippen LogP contribution in [0.25, 0.3) is 0 Å². The Hall–Kier alpha value is -2.83. The van der Waals surface area contributed by atoms with Gasteiger partial charge in [0.05, 0.1) is 25.1 Å². The number of aliphatic carboxylic acids is 1. The molecule has 1 aromatic heterocycles. The second-order valence-electron chi connectivity index (χ2n) is 6.20. The van der Waals surface area contributed by atoms with Gasteiger partial charge in [-0.1, -0.05) is 23.4 Å². The highest BCUT2D eigenvalue weighted by atomic mass is 16.5. The van der Waals surface area contributed by atoms with E-state index in [0.717, 1.165) is 5.56 Å². The minimum atomic E-state index is -0.915. The summed E-state index contributed by atoms with van der Waals surface area (Å²) < 4.78 is 10.4. The number of methoxy groups -OCH3 is 1. The zero-order valence-corrected chi connectivity index (χ0v) is 14.1. The third-order valence-electron chi connectivity index (χ3n) is 4.53. The van der Waals surface area contributed by atoms with E-state index in [1.165, 1.54) is 0 Å². The highest BCUT2D eigenvalue weighted by Gasteiger charge is 2.41. The lowest BCUT2D eigenvalue weighted by molar-refractivity contribution is -0.141. The molecule has 0 radical (unpaired) electrons. The van der Waals surface area contributed by atoms with Crippen LogP contribution in [0.15, 0.2) is 34.9 Å². The number of carboxylic acid groups (broad SMARTS) is 1. The van der Waals surface area contributed by atoms with Crippen LogP contribution in [0.3, 0.4) is 0 Å². The molecule has 1 amide bonds. The van der Waals surface area contributed by atoms with Crippen LogP contribution in [0.1, 0.15) is 22.9 Å². The Morgan fingerprint density at radius 3 is 2.76 bits per heavy atom. The number of amides is 1. The van der Waals surface area contributed by atoms with Crippen molar-refractivity contribution in [1.82, 2.24) is 10.1 Å². The molecule has 7 heteroatoms. The van der Waals surface area contributed by atoms with Gasteiger partial charge in [0, 0.05) is 25.1 Å². The number of hydrogen-bond donors (Lipinski definition) is 1. The maximum atomic E-state index is 12.5. The van der Waals surface area contributed by atoms with Crippen LogP contribution in [0, 0.1) is 12.8 Å². The molecule has 2 aromatic rings. The largest absolute Gasteiger partial charge is 0.496 e. The first-order valence-electron chi connectivity index (χ1n) is 8.05. The van der Waals surface area contributed by atoms with Gasteiger partial charge in [-0.3, -0.25) is 9.59 Å². The summed E-state index contributed by atoms with van der Waals surface area (Å²) in [5.41, 5.74) is 1.52. The third-order valence-corrected chi connectivity index (χ3v) is 4.53. The topological polar surface area (TPSA) is 92.9 Å². The number of carbonyl (C=O) groups excluding carboxylic acids is 1. The average molecular weight is 344 g/mol. The second kappa shape index (κ2) is 6.96. The van der Waals surface area contributed by atoms with Gasteiger partial charge in [0.2, 0.25) is 5.91 Å². The standard InChI is InChI=1S/C18H20N2O5/c1-11-7-12(25-19-11)8-17(21)20-9-14(15(10-20)18(22)23)13-5-3-4-6-16(13)24-2/h3-7,14-15H,8-10H2,1-2H3,(H,22,23)/t14-,15+/m1/s1. The van der Waals surface area contributed by atoms with Gasteiger partial charge >= 0.3 is 5.97 Å². The van der Waals surface area contributed by atoms with Crippen LogP contribution in [0.2, 0.25) is 0 Å². The van der Waals surface area contributed by atoms with Gasteiger partial charge in [-0.2, -0.15) is 0 Å². The minimum absolute atomic E-state index is 0.0752. The summed E-state index contributed by atoms with van der Waals surface area (Å²) in [6, 6.07) is 9.05. The van der Waals surface area contributed by atoms with E-state index in [4.69, 9.17) is 9.26 Å². The Bertz CT molecular complexity index is 785. The summed E-state index contributed by atoms with van der Waals surface area (Å²) in [6.45, 7) is 2.29. The number of carbonyl (C=O) groups is 2. The van der Waals surface area contributed by atoms with E-state index in [1.54, 1.807) is 31.1 Å². The SMILES string of the molecule is COc1ccccc1[C@H]1CN(C(=O)Cc2cc(C)no2)C[C@@H]1C(=O)O. The molecule has 1 fully saturated rings. The molecule has 1 aromatic carbocycles. The molecule has 0 spiro atoms. The maximum Gasteiger partial charge on any atom is 0.308 e. The molecule has 25 heavy (non-hydrogen) atoms. The molecule has 2 atom stereocenters. The summed E-state index contributed by atoms with van der Waals surface area (Å²) in [6.07, 6.45) is 0.0752. The first-order valence-corrected chi connectivity index (χ1v) is 8.05. The lowest BCUT2D eigenvalue weighted by Crippen LogP contribution is -2.31. The van der Waals surface area contributed by atoms with Gasteiger partial charge in [-0.25, -0.2) is 0 Å². The maximum absolute atomic E-state index is 12.5. The van der Waals surface area contributed by atoms with Crippen molar-refractivity contribution >= 4 is 11.9 Å². The molecule has 3 rings (SSSR count). The Morgan fingerprint density at radius 1 is 1.36 bits per heavy atom. The minimum Gasteiger partial charge on any atom is -0.496 e. The van der Waals surface area contributed by atoms with E-state index < -0.39 is 11.9 Å². The van der Waals surface area contributed by atoms with Crippen molar-refractivity contribution < 1.29 is 24.0 Å². The summed E-state index contributed by atoms with van der Waals surface area (Å²) >= 11 is 0. The molecular formula is C18H20N2O5. The predicted octanol–water partition coefficient (Wildman–Crippen LogP) is 1.86. The number of benzene rings is 1.